The van der Waals surface area contributed by atoms with Gasteiger partial charge < -0.3 is 14.6 Å². The lowest BCUT2D eigenvalue weighted by molar-refractivity contribution is 0.0546. The number of carboxylic acid groups (broad SMARTS) is 1. The Labute approximate surface area is 104 Å². The molecular weight excluding hydrogens is 262 g/mol. The second kappa shape index (κ2) is 4.08. The molecule has 1 aliphatic heterocycles. The van der Waals surface area contributed by atoms with Gasteiger partial charge in [0.1, 0.15) is 22.0 Å². The van der Waals surface area contributed by atoms with E-state index in [0.717, 1.165) is 4.31 Å². The number of aliphatic hydroxyl groups excluding tert-OH is 1. The lowest BCUT2D eigenvalue weighted by Crippen LogP contribution is -2.53. The Morgan fingerprint density at radius 2 is 1.89 bits per heavy atom. The van der Waals surface area contributed by atoms with Gasteiger partial charge in [-0.2, -0.15) is 4.31 Å². The molecule has 0 spiro atoms. The minimum Gasteiger partial charge on any atom is -0.478 e. The standard InChI is InChI=1S/C10H13NO6S/c1-5-8(10(13)14)9(6(2)17-5)18(15,16)11-3-7(12)4-11/h7,12H,3-4H2,1-2H3,(H,13,14). The molecule has 1 aromatic heterocycles. The Bertz CT molecular complexity index is 596. The summed E-state index contributed by atoms with van der Waals surface area (Å²) >= 11 is 0. The molecule has 1 fully saturated rings. The monoisotopic (exact) mass is 275 g/mol. The highest BCUT2D eigenvalue weighted by atomic mass is 32.2. The number of sulfonamides is 1. The molecule has 100 valence electrons. The SMILES string of the molecule is Cc1oc(C)c(S(=O)(=O)N2CC(O)C2)c1C(=O)O. The lowest BCUT2D eigenvalue weighted by Gasteiger charge is -2.34. The number of rotatable bonds is 3. The van der Waals surface area contributed by atoms with Crippen molar-refractivity contribution >= 4 is 16.0 Å². The summed E-state index contributed by atoms with van der Waals surface area (Å²) in [5.41, 5.74) is -0.339. The van der Waals surface area contributed by atoms with Crippen LogP contribution in [0.25, 0.3) is 0 Å². The van der Waals surface area contributed by atoms with Gasteiger partial charge in [-0.15, -0.1) is 0 Å². The maximum atomic E-state index is 12.2. The summed E-state index contributed by atoms with van der Waals surface area (Å²) in [5, 5.41) is 18.2. The van der Waals surface area contributed by atoms with Crippen molar-refractivity contribution in [2.24, 2.45) is 0 Å². The number of β-amino-alcohol motifs (C(OH)–C–C–N with tert-alkyl or cyclic N) is 1. The Balaban J connectivity index is 2.54. The molecule has 1 aliphatic rings. The van der Waals surface area contributed by atoms with E-state index in [-0.39, 0.29) is 35.1 Å². The Kier molecular flexibility index (Phi) is 2.96. The van der Waals surface area contributed by atoms with Crippen LogP contribution < -0.4 is 0 Å². The van der Waals surface area contributed by atoms with E-state index in [0.29, 0.717) is 0 Å². The highest BCUT2D eigenvalue weighted by Crippen LogP contribution is 2.31. The lowest BCUT2D eigenvalue weighted by atomic mass is 10.2. The first-order valence-corrected chi connectivity index (χ1v) is 6.70. The first kappa shape index (κ1) is 13.1. The van der Waals surface area contributed by atoms with Crippen LogP contribution >= 0.6 is 0 Å². The highest BCUT2D eigenvalue weighted by molar-refractivity contribution is 7.89. The number of carbonyl (C=O) groups is 1. The van der Waals surface area contributed by atoms with Gasteiger partial charge in [0.05, 0.1) is 6.10 Å². The van der Waals surface area contributed by atoms with Crippen LogP contribution in [-0.4, -0.2) is 48.1 Å². The quantitative estimate of drug-likeness (QED) is 0.801. The zero-order valence-electron chi connectivity index (χ0n) is 9.87. The smallest absolute Gasteiger partial charge is 0.340 e. The predicted octanol–water partition coefficient (Wildman–Crippen LogP) is -0.0402. The van der Waals surface area contributed by atoms with Gasteiger partial charge in [-0.1, -0.05) is 0 Å². The molecule has 8 heteroatoms. The minimum atomic E-state index is -3.92. The number of furan rings is 1. The second-order valence-electron chi connectivity index (χ2n) is 4.20. The van der Waals surface area contributed by atoms with E-state index < -0.39 is 22.1 Å². The van der Waals surface area contributed by atoms with Gasteiger partial charge in [-0.05, 0) is 13.8 Å². The highest BCUT2D eigenvalue weighted by Gasteiger charge is 2.40. The van der Waals surface area contributed by atoms with E-state index in [4.69, 9.17) is 14.6 Å². The number of aliphatic hydroxyl groups is 1. The summed E-state index contributed by atoms with van der Waals surface area (Å²) in [6.45, 7) is 2.76. The number of aromatic carboxylic acids is 1. The van der Waals surface area contributed by atoms with Gasteiger partial charge in [-0.3, -0.25) is 0 Å². The van der Waals surface area contributed by atoms with Crippen molar-refractivity contribution in [2.45, 2.75) is 24.8 Å². The molecule has 0 aliphatic carbocycles. The van der Waals surface area contributed by atoms with Gasteiger partial charge in [0.25, 0.3) is 0 Å². The molecule has 2 heterocycles. The largest absolute Gasteiger partial charge is 0.478 e. The molecule has 0 aromatic carbocycles. The van der Waals surface area contributed by atoms with Crippen molar-refractivity contribution in [3.05, 3.63) is 17.1 Å². The van der Waals surface area contributed by atoms with Gasteiger partial charge in [0.15, 0.2) is 0 Å². The third kappa shape index (κ3) is 1.82. The Hall–Kier alpha value is -1.38. The van der Waals surface area contributed by atoms with E-state index in [1.54, 1.807) is 0 Å². The number of carboxylic acids is 1. The van der Waals surface area contributed by atoms with Gasteiger partial charge >= 0.3 is 5.97 Å². The maximum Gasteiger partial charge on any atom is 0.340 e. The molecule has 1 aromatic rings. The average Bonchev–Trinajstić information content (AvgIpc) is 2.49. The summed E-state index contributed by atoms with van der Waals surface area (Å²) < 4.78 is 30.5. The first-order valence-electron chi connectivity index (χ1n) is 5.26. The molecule has 0 saturated carbocycles. The summed E-state index contributed by atoms with van der Waals surface area (Å²) in [6, 6.07) is 0. The minimum absolute atomic E-state index is 0.0228. The van der Waals surface area contributed by atoms with Crippen LogP contribution in [0.5, 0.6) is 0 Å². The summed E-state index contributed by atoms with van der Waals surface area (Å²) in [4.78, 5) is 10.8. The molecule has 2 rings (SSSR count). The molecule has 0 radical (unpaired) electrons. The number of hydrogen-bond acceptors (Lipinski definition) is 5. The third-order valence-corrected chi connectivity index (χ3v) is 4.83. The van der Waals surface area contributed by atoms with Crippen LogP contribution in [0.4, 0.5) is 0 Å². The Morgan fingerprint density at radius 3 is 2.33 bits per heavy atom. The average molecular weight is 275 g/mol. The molecule has 0 amide bonds. The van der Waals surface area contributed by atoms with Gasteiger partial charge in [0.2, 0.25) is 10.0 Å². The normalized spacial score (nSPS) is 17.7. The first-order chi connectivity index (χ1) is 8.25. The van der Waals surface area contributed by atoms with Crippen LogP contribution in [0.3, 0.4) is 0 Å². The number of aryl methyl sites for hydroxylation is 2. The molecule has 0 bridgehead atoms. The van der Waals surface area contributed by atoms with E-state index in [9.17, 15) is 13.2 Å². The third-order valence-electron chi connectivity index (χ3n) is 2.85. The second-order valence-corrected chi connectivity index (χ2v) is 6.07. The zero-order valence-corrected chi connectivity index (χ0v) is 10.7. The van der Waals surface area contributed by atoms with Crippen LogP contribution in [0.1, 0.15) is 21.9 Å². The summed E-state index contributed by atoms with van der Waals surface area (Å²) in [5.74, 6) is -1.24. The van der Waals surface area contributed by atoms with Gasteiger partial charge in [0, 0.05) is 13.1 Å². The fourth-order valence-electron chi connectivity index (χ4n) is 1.96. The maximum absolute atomic E-state index is 12.2. The number of hydrogen-bond donors (Lipinski definition) is 2. The molecule has 2 N–H and O–H groups in total. The topological polar surface area (TPSA) is 108 Å². The van der Waals surface area contributed by atoms with E-state index in [1.807, 2.05) is 0 Å². The van der Waals surface area contributed by atoms with E-state index >= 15 is 0 Å². The molecule has 18 heavy (non-hydrogen) atoms. The molecule has 7 nitrogen and oxygen atoms in total. The summed E-state index contributed by atoms with van der Waals surface area (Å²) in [6.07, 6.45) is -0.693. The zero-order chi connectivity index (χ0) is 13.7. The fourth-order valence-corrected chi connectivity index (χ4v) is 3.85. The molecule has 1 saturated heterocycles. The number of nitrogens with zero attached hydrogens (tertiary/aromatic N) is 1. The van der Waals surface area contributed by atoms with Crippen LogP contribution in [-0.2, 0) is 10.0 Å². The Morgan fingerprint density at radius 1 is 1.33 bits per heavy atom. The van der Waals surface area contributed by atoms with Crippen molar-refractivity contribution in [3.63, 3.8) is 0 Å². The predicted molar refractivity (Wildman–Crippen MR) is 59.9 cm³/mol. The molecular formula is C10H13NO6S. The van der Waals surface area contributed by atoms with E-state index in [1.165, 1.54) is 13.8 Å². The van der Waals surface area contributed by atoms with Crippen LogP contribution in [0, 0.1) is 13.8 Å². The van der Waals surface area contributed by atoms with Crippen LogP contribution in [0.2, 0.25) is 0 Å². The van der Waals surface area contributed by atoms with Gasteiger partial charge in [-0.25, -0.2) is 13.2 Å². The molecule has 0 atom stereocenters. The van der Waals surface area contributed by atoms with Crippen molar-refractivity contribution < 1.29 is 27.8 Å². The van der Waals surface area contributed by atoms with Crippen molar-refractivity contribution in [1.29, 1.82) is 0 Å². The summed E-state index contributed by atoms with van der Waals surface area (Å²) in [7, 11) is -3.92. The van der Waals surface area contributed by atoms with Crippen molar-refractivity contribution in [2.75, 3.05) is 13.1 Å². The van der Waals surface area contributed by atoms with E-state index in [2.05, 4.69) is 0 Å². The van der Waals surface area contributed by atoms with Crippen molar-refractivity contribution in [1.82, 2.24) is 4.31 Å². The molecule has 0 unspecified atom stereocenters. The fraction of sp³-hybridized carbons (Fsp3) is 0.500. The van der Waals surface area contributed by atoms with Crippen molar-refractivity contribution in [3.8, 4) is 0 Å². The van der Waals surface area contributed by atoms with Crippen LogP contribution in [0.15, 0.2) is 9.31 Å².